The number of hydrogen-bond donors (Lipinski definition) is 1. The number of nitrogens with one attached hydrogen (secondary N) is 1. The molecule has 4 aromatic rings. The van der Waals surface area contributed by atoms with Crippen LogP contribution in [-0.2, 0) is 29.7 Å². The molecule has 0 atom stereocenters. The van der Waals surface area contributed by atoms with Gasteiger partial charge >= 0.3 is 0 Å². The monoisotopic (exact) mass is 738 g/mol. The van der Waals surface area contributed by atoms with Crippen molar-refractivity contribution in [2.75, 3.05) is 39.3 Å². The quantitative estimate of drug-likeness (QED) is 0.181. The van der Waals surface area contributed by atoms with Crippen LogP contribution in [0.25, 0.3) is 0 Å². The second kappa shape index (κ2) is 16.0. The molecule has 12 heteroatoms. The maximum atomic E-state index is 13.4. The van der Waals surface area contributed by atoms with Crippen molar-refractivity contribution in [1.29, 1.82) is 0 Å². The molecule has 9 nitrogen and oxygen atoms in total. The Kier molecular flexibility index (Phi) is 11.9. The standard InChI is InChI=1S/C35H39BrN4O5S2/c1-3-38(4-2)24-29-22-30(36)14-16-32(29)45-25-26-10-12-28(13-11-26)35(42)39-18-20-40(21-19-39)47(43,44)33-17-15-31(46-33)23-37-34(41)27-8-6-5-7-9-27/h5-17,22H,3-4,18-21,23-25H2,1-2H3,(H,37,41). The fourth-order valence-electron chi connectivity index (χ4n) is 5.30. The molecular weight excluding hydrogens is 700 g/mol. The number of piperazine rings is 1. The van der Waals surface area contributed by atoms with Gasteiger partial charge < -0.3 is 15.0 Å². The Labute approximate surface area is 289 Å². The second-order valence-electron chi connectivity index (χ2n) is 11.2. The molecule has 1 N–H and O–H groups in total. The third-order valence-electron chi connectivity index (χ3n) is 8.12. The van der Waals surface area contributed by atoms with Crippen molar-refractivity contribution in [3.63, 3.8) is 0 Å². The Balaban J connectivity index is 1.12. The van der Waals surface area contributed by atoms with Gasteiger partial charge in [-0.15, -0.1) is 11.3 Å². The van der Waals surface area contributed by atoms with E-state index >= 15 is 0 Å². The van der Waals surface area contributed by atoms with E-state index in [2.05, 4.69) is 46.1 Å². The van der Waals surface area contributed by atoms with E-state index in [0.29, 0.717) is 30.8 Å². The van der Waals surface area contributed by atoms with Gasteiger partial charge in [0.1, 0.15) is 16.6 Å². The largest absolute Gasteiger partial charge is 0.489 e. The third-order valence-corrected chi connectivity index (χ3v) is 12.1. The molecule has 1 saturated heterocycles. The van der Waals surface area contributed by atoms with Crippen LogP contribution in [0.2, 0.25) is 0 Å². The van der Waals surface area contributed by atoms with E-state index in [-0.39, 0.29) is 35.7 Å². The lowest BCUT2D eigenvalue weighted by molar-refractivity contribution is 0.0697. The lowest BCUT2D eigenvalue weighted by Gasteiger charge is -2.33. The Hall–Kier alpha value is -3.55. The molecule has 2 heterocycles. The molecule has 0 spiro atoms. The van der Waals surface area contributed by atoms with Crippen LogP contribution in [0, 0.1) is 0 Å². The number of ether oxygens (including phenoxy) is 1. The molecule has 2 amide bonds. The minimum Gasteiger partial charge on any atom is -0.489 e. The molecule has 5 rings (SSSR count). The van der Waals surface area contributed by atoms with Gasteiger partial charge in [0.05, 0.1) is 6.54 Å². The molecule has 0 aliphatic carbocycles. The highest BCUT2D eigenvalue weighted by Crippen LogP contribution is 2.27. The second-order valence-corrected chi connectivity index (χ2v) is 15.4. The first kappa shape index (κ1) is 34.8. The molecular formula is C35H39BrN4O5S2. The lowest BCUT2D eigenvalue weighted by Crippen LogP contribution is -2.50. The molecule has 1 aromatic heterocycles. The summed E-state index contributed by atoms with van der Waals surface area (Å²) in [6, 6.07) is 25.6. The van der Waals surface area contributed by atoms with Gasteiger partial charge in [-0.2, -0.15) is 4.31 Å². The average Bonchev–Trinajstić information content (AvgIpc) is 3.60. The van der Waals surface area contributed by atoms with E-state index in [4.69, 9.17) is 4.74 Å². The van der Waals surface area contributed by atoms with Gasteiger partial charge in [-0.3, -0.25) is 14.5 Å². The van der Waals surface area contributed by atoms with Crippen LogP contribution in [0.1, 0.15) is 50.6 Å². The number of amides is 2. The van der Waals surface area contributed by atoms with Crippen LogP contribution >= 0.6 is 27.3 Å². The minimum atomic E-state index is -3.71. The zero-order valence-corrected chi connectivity index (χ0v) is 29.7. The number of thiophene rings is 1. The number of rotatable bonds is 13. The first-order chi connectivity index (χ1) is 22.7. The van der Waals surface area contributed by atoms with Crippen molar-refractivity contribution in [1.82, 2.24) is 19.4 Å². The fraction of sp³-hybridized carbons (Fsp3) is 0.314. The van der Waals surface area contributed by atoms with E-state index in [9.17, 15) is 18.0 Å². The van der Waals surface area contributed by atoms with Gasteiger partial charge in [-0.1, -0.05) is 60.1 Å². The number of hydrogen-bond acceptors (Lipinski definition) is 7. The summed E-state index contributed by atoms with van der Waals surface area (Å²) >= 11 is 4.71. The summed E-state index contributed by atoms with van der Waals surface area (Å²) in [7, 11) is -3.71. The highest BCUT2D eigenvalue weighted by atomic mass is 79.9. The Morgan fingerprint density at radius 1 is 0.894 bits per heavy atom. The van der Waals surface area contributed by atoms with Crippen molar-refractivity contribution in [2.45, 2.75) is 37.8 Å². The van der Waals surface area contributed by atoms with E-state index < -0.39 is 10.0 Å². The maximum Gasteiger partial charge on any atom is 0.253 e. The van der Waals surface area contributed by atoms with E-state index in [1.54, 1.807) is 53.4 Å². The molecule has 1 aliphatic heterocycles. The summed E-state index contributed by atoms with van der Waals surface area (Å²) in [6.45, 7) is 8.63. The molecule has 0 radical (unpaired) electrons. The van der Waals surface area contributed by atoms with Gasteiger partial charge in [-0.25, -0.2) is 8.42 Å². The molecule has 0 bridgehead atoms. The van der Waals surface area contributed by atoms with Crippen LogP contribution in [-0.4, -0.2) is 73.6 Å². The Morgan fingerprint density at radius 2 is 1.60 bits per heavy atom. The SMILES string of the molecule is CCN(CC)Cc1cc(Br)ccc1OCc1ccc(C(=O)N2CCN(S(=O)(=O)c3ccc(CNC(=O)c4ccccc4)s3)CC2)cc1. The van der Waals surface area contributed by atoms with Crippen molar-refractivity contribution in [3.05, 3.63) is 117 Å². The predicted octanol–water partition coefficient (Wildman–Crippen LogP) is 6.01. The highest BCUT2D eigenvalue weighted by Gasteiger charge is 2.31. The van der Waals surface area contributed by atoms with Gasteiger partial charge in [0.15, 0.2) is 0 Å². The van der Waals surface area contributed by atoms with Crippen molar-refractivity contribution in [2.24, 2.45) is 0 Å². The summed E-state index contributed by atoms with van der Waals surface area (Å²) < 4.78 is 35.6. The van der Waals surface area contributed by atoms with Gasteiger partial charge in [0, 0.05) is 58.8 Å². The lowest BCUT2D eigenvalue weighted by atomic mass is 10.1. The molecule has 0 saturated carbocycles. The molecule has 0 unspecified atom stereocenters. The number of carbonyl (C=O) groups is 2. The van der Waals surface area contributed by atoms with Gasteiger partial charge in [-0.05, 0) is 73.3 Å². The minimum absolute atomic E-state index is 0.128. The van der Waals surface area contributed by atoms with Crippen LogP contribution < -0.4 is 10.1 Å². The number of sulfonamides is 1. The van der Waals surface area contributed by atoms with Crippen molar-refractivity contribution in [3.8, 4) is 5.75 Å². The van der Waals surface area contributed by atoms with Gasteiger partial charge in [0.25, 0.3) is 21.8 Å². The normalized spacial score (nSPS) is 13.9. The topological polar surface area (TPSA) is 99.3 Å². The molecule has 1 fully saturated rings. The summed E-state index contributed by atoms with van der Waals surface area (Å²) in [5.74, 6) is 0.492. The summed E-state index contributed by atoms with van der Waals surface area (Å²) in [4.78, 5) is 30.4. The number of carbonyl (C=O) groups excluding carboxylic acids is 2. The summed E-state index contributed by atoms with van der Waals surface area (Å²) in [5, 5.41) is 2.83. The number of halogens is 1. The van der Waals surface area contributed by atoms with Gasteiger partial charge in [0.2, 0.25) is 0 Å². The Morgan fingerprint density at radius 3 is 2.28 bits per heavy atom. The molecule has 1 aliphatic rings. The van der Waals surface area contributed by atoms with E-state index in [1.807, 2.05) is 30.3 Å². The highest BCUT2D eigenvalue weighted by molar-refractivity contribution is 9.10. The zero-order valence-electron chi connectivity index (χ0n) is 26.5. The number of nitrogens with zero attached hydrogens (tertiary/aromatic N) is 3. The first-order valence-corrected chi connectivity index (χ1v) is 18.7. The van der Waals surface area contributed by atoms with E-state index in [0.717, 1.165) is 57.2 Å². The summed E-state index contributed by atoms with van der Waals surface area (Å²) in [5.41, 5.74) is 3.16. The smallest absolute Gasteiger partial charge is 0.253 e. The van der Waals surface area contributed by atoms with Crippen LogP contribution in [0.15, 0.2) is 93.6 Å². The molecule has 3 aromatic carbocycles. The van der Waals surface area contributed by atoms with Crippen molar-refractivity contribution >= 4 is 49.1 Å². The van der Waals surface area contributed by atoms with Crippen LogP contribution in [0.4, 0.5) is 0 Å². The predicted molar refractivity (Wildman–Crippen MR) is 188 cm³/mol. The molecule has 248 valence electrons. The third kappa shape index (κ3) is 8.88. The average molecular weight is 740 g/mol. The zero-order chi connectivity index (χ0) is 33.4. The maximum absolute atomic E-state index is 13.4. The van der Waals surface area contributed by atoms with Crippen molar-refractivity contribution < 1.29 is 22.7 Å². The number of benzene rings is 3. The van der Waals surface area contributed by atoms with Crippen LogP contribution in [0.5, 0.6) is 5.75 Å². The molecule has 47 heavy (non-hydrogen) atoms. The Bertz CT molecular complexity index is 1770. The fourth-order valence-corrected chi connectivity index (χ4v) is 8.58. The van der Waals surface area contributed by atoms with E-state index in [1.165, 1.54) is 4.31 Å². The van der Waals surface area contributed by atoms with Crippen LogP contribution in [0.3, 0.4) is 0 Å². The summed E-state index contributed by atoms with van der Waals surface area (Å²) in [6.07, 6.45) is 0. The first-order valence-electron chi connectivity index (χ1n) is 15.6.